The van der Waals surface area contributed by atoms with Crippen molar-refractivity contribution in [3.05, 3.63) is 29.6 Å². The standard InChI is InChI=1S/C15H19F3N4O2/c1-21-6-8-22(9-7-21)13(23)4-5-19-14(24)12-3-2-11(10-20-12)15(16,17)18/h2-3,10H,4-9H2,1H3,(H,19,24). The minimum atomic E-state index is -4.49. The van der Waals surface area contributed by atoms with E-state index in [0.717, 1.165) is 25.2 Å². The summed E-state index contributed by atoms with van der Waals surface area (Å²) in [7, 11) is 1.99. The summed E-state index contributed by atoms with van der Waals surface area (Å²) in [4.78, 5) is 31.2. The van der Waals surface area contributed by atoms with E-state index in [0.29, 0.717) is 19.3 Å². The molecular formula is C15H19F3N4O2. The number of nitrogens with one attached hydrogen (secondary N) is 1. The molecule has 0 radical (unpaired) electrons. The Morgan fingerprint density at radius 1 is 1.21 bits per heavy atom. The summed E-state index contributed by atoms with van der Waals surface area (Å²) in [5.74, 6) is -0.654. The summed E-state index contributed by atoms with van der Waals surface area (Å²) in [6, 6.07) is 1.82. The van der Waals surface area contributed by atoms with Crippen LogP contribution in [0.1, 0.15) is 22.5 Å². The molecule has 0 unspecified atom stereocenters. The topological polar surface area (TPSA) is 65.5 Å². The highest BCUT2D eigenvalue weighted by Crippen LogP contribution is 2.28. The Hall–Kier alpha value is -2.16. The second kappa shape index (κ2) is 7.61. The normalized spacial score (nSPS) is 16.1. The van der Waals surface area contributed by atoms with Crippen molar-refractivity contribution in [2.24, 2.45) is 0 Å². The number of pyridine rings is 1. The van der Waals surface area contributed by atoms with Gasteiger partial charge in [0.2, 0.25) is 5.91 Å². The largest absolute Gasteiger partial charge is 0.417 e. The molecule has 0 saturated carbocycles. The van der Waals surface area contributed by atoms with E-state index in [-0.39, 0.29) is 24.6 Å². The van der Waals surface area contributed by atoms with Gasteiger partial charge in [-0.1, -0.05) is 0 Å². The van der Waals surface area contributed by atoms with E-state index in [1.807, 2.05) is 7.05 Å². The van der Waals surface area contributed by atoms with Crippen LogP contribution in [-0.2, 0) is 11.0 Å². The van der Waals surface area contributed by atoms with Gasteiger partial charge in [-0.05, 0) is 19.2 Å². The lowest BCUT2D eigenvalue weighted by Gasteiger charge is -2.32. The predicted molar refractivity (Wildman–Crippen MR) is 80.3 cm³/mol. The van der Waals surface area contributed by atoms with Crippen LogP contribution in [0.2, 0.25) is 0 Å². The van der Waals surface area contributed by atoms with Gasteiger partial charge in [-0.15, -0.1) is 0 Å². The molecule has 0 aliphatic carbocycles. The molecule has 1 N–H and O–H groups in total. The number of nitrogens with zero attached hydrogens (tertiary/aromatic N) is 3. The smallest absolute Gasteiger partial charge is 0.350 e. The van der Waals surface area contributed by atoms with Crippen LogP contribution < -0.4 is 5.32 Å². The van der Waals surface area contributed by atoms with Gasteiger partial charge in [-0.2, -0.15) is 13.2 Å². The third-order valence-corrected chi connectivity index (χ3v) is 3.80. The van der Waals surface area contributed by atoms with Gasteiger partial charge in [0.1, 0.15) is 5.69 Å². The van der Waals surface area contributed by atoms with Gasteiger partial charge in [-0.25, -0.2) is 0 Å². The summed E-state index contributed by atoms with van der Waals surface area (Å²) < 4.78 is 37.3. The molecule has 1 fully saturated rings. The Morgan fingerprint density at radius 3 is 2.42 bits per heavy atom. The molecule has 2 amide bonds. The van der Waals surface area contributed by atoms with E-state index in [4.69, 9.17) is 0 Å². The molecule has 1 aromatic rings. The lowest BCUT2D eigenvalue weighted by molar-refractivity contribution is -0.138. The van der Waals surface area contributed by atoms with Crippen LogP contribution in [0.15, 0.2) is 18.3 Å². The second-order valence-electron chi connectivity index (χ2n) is 5.62. The quantitative estimate of drug-likeness (QED) is 0.885. The van der Waals surface area contributed by atoms with Gasteiger partial charge in [0.05, 0.1) is 5.56 Å². The number of piperazine rings is 1. The monoisotopic (exact) mass is 344 g/mol. The van der Waals surface area contributed by atoms with Gasteiger partial charge < -0.3 is 15.1 Å². The van der Waals surface area contributed by atoms with Crippen molar-refractivity contribution in [3.63, 3.8) is 0 Å². The maximum atomic E-state index is 12.4. The molecule has 1 saturated heterocycles. The summed E-state index contributed by atoms with van der Waals surface area (Å²) in [5.41, 5.74) is -1.03. The van der Waals surface area contributed by atoms with E-state index in [1.54, 1.807) is 4.90 Å². The number of amides is 2. The van der Waals surface area contributed by atoms with Crippen LogP contribution in [0.5, 0.6) is 0 Å². The molecule has 0 bridgehead atoms. The minimum absolute atomic E-state index is 0.0521. The first-order valence-corrected chi connectivity index (χ1v) is 7.55. The Bertz CT molecular complexity index is 581. The Kier molecular flexibility index (Phi) is 5.76. The fourth-order valence-electron chi connectivity index (χ4n) is 2.28. The molecule has 0 aromatic carbocycles. The van der Waals surface area contributed by atoms with E-state index < -0.39 is 17.6 Å². The maximum Gasteiger partial charge on any atom is 0.417 e. The lowest BCUT2D eigenvalue weighted by atomic mass is 10.2. The first-order chi connectivity index (χ1) is 11.3. The van der Waals surface area contributed by atoms with Crippen LogP contribution in [0, 0.1) is 0 Å². The zero-order valence-electron chi connectivity index (χ0n) is 13.3. The summed E-state index contributed by atoms with van der Waals surface area (Å²) in [6.45, 7) is 3.06. The summed E-state index contributed by atoms with van der Waals surface area (Å²) in [5, 5.41) is 2.50. The zero-order valence-corrected chi connectivity index (χ0v) is 13.3. The minimum Gasteiger partial charge on any atom is -0.350 e. The van der Waals surface area contributed by atoms with Crippen LogP contribution in [-0.4, -0.2) is 66.4 Å². The number of hydrogen-bond donors (Lipinski definition) is 1. The Morgan fingerprint density at radius 2 is 1.88 bits per heavy atom. The third kappa shape index (κ3) is 4.92. The molecule has 2 rings (SSSR count). The van der Waals surface area contributed by atoms with Crippen molar-refractivity contribution in [2.75, 3.05) is 39.8 Å². The van der Waals surface area contributed by atoms with Crippen molar-refractivity contribution < 1.29 is 22.8 Å². The summed E-state index contributed by atoms with van der Waals surface area (Å²) in [6.07, 6.45) is -3.72. The number of aromatic nitrogens is 1. The molecule has 1 aromatic heterocycles. The lowest BCUT2D eigenvalue weighted by Crippen LogP contribution is -2.47. The number of hydrogen-bond acceptors (Lipinski definition) is 4. The fraction of sp³-hybridized carbons (Fsp3) is 0.533. The van der Waals surface area contributed by atoms with Crippen molar-refractivity contribution >= 4 is 11.8 Å². The molecule has 2 heterocycles. The average Bonchev–Trinajstić information content (AvgIpc) is 2.54. The Balaban J connectivity index is 1.78. The van der Waals surface area contributed by atoms with Gasteiger partial charge >= 0.3 is 6.18 Å². The number of carbonyl (C=O) groups is 2. The van der Waals surface area contributed by atoms with Crippen LogP contribution in [0.4, 0.5) is 13.2 Å². The first-order valence-electron chi connectivity index (χ1n) is 7.55. The molecule has 6 nitrogen and oxygen atoms in total. The van der Waals surface area contributed by atoms with E-state index in [1.165, 1.54) is 0 Å². The van der Waals surface area contributed by atoms with E-state index in [9.17, 15) is 22.8 Å². The highest BCUT2D eigenvalue weighted by atomic mass is 19.4. The van der Waals surface area contributed by atoms with Crippen molar-refractivity contribution in [3.8, 4) is 0 Å². The number of halogens is 3. The number of likely N-dealkylation sites (N-methyl/N-ethyl adjacent to an activating group) is 1. The van der Waals surface area contributed by atoms with Crippen molar-refractivity contribution in [2.45, 2.75) is 12.6 Å². The van der Waals surface area contributed by atoms with Crippen LogP contribution >= 0.6 is 0 Å². The molecule has 1 aliphatic rings. The molecule has 0 atom stereocenters. The van der Waals surface area contributed by atoms with Gasteiger partial charge in [0.25, 0.3) is 5.91 Å². The maximum absolute atomic E-state index is 12.4. The Labute approximate surface area is 137 Å². The fourth-order valence-corrected chi connectivity index (χ4v) is 2.28. The molecule has 24 heavy (non-hydrogen) atoms. The average molecular weight is 344 g/mol. The molecule has 0 spiro atoms. The van der Waals surface area contributed by atoms with Crippen molar-refractivity contribution in [1.29, 1.82) is 0 Å². The predicted octanol–water partition coefficient (Wildman–Crippen LogP) is 0.994. The van der Waals surface area contributed by atoms with Crippen molar-refractivity contribution in [1.82, 2.24) is 20.1 Å². The van der Waals surface area contributed by atoms with Crippen LogP contribution in [0.3, 0.4) is 0 Å². The second-order valence-corrected chi connectivity index (χ2v) is 5.62. The molecule has 1 aliphatic heterocycles. The van der Waals surface area contributed by atoms with Gasteiger partial charge in [-0.3, -0.25) is 14.6 Å². The molecule has 132 valence electrons. The highest BCUT2D eigenvalue weighted by Gasteiger charge is 2.30. The van der Waals surface area contributed by atoms with Gasteiger partial charge in [0, 0.05) is 45.3 Å². The number of rotatable bonds is 4. The zero-order chi connectivity index (χ0) is 17.7. The third-order valence-electron chi connectivity index (χ3n) is 3.80. The van der Waals surface area contributed by atoms with E-state index >= 15 is 0 Å². The van der Waals surface area contributed by atoms with Gasteiger partial charge in [0.15, 0.2) is 0 Å². The number of alkyl halides is 3. The van der Waals surface area contributed by atoms with Crippen LogP contribution in [0.25, 0.3) is 0 Å². The molecule has 9 heteroatoms. The first kappa shape index (κ1) is 18.2. The summed E-state index contributed by atoms with van der Waals surface area (Å²) >= 11 is 0. The SMILES string of the molecule is CN1CCN(C(=O)CCNC(=O)c2ccc(C(F)(F)F)cn2)CC1. The number of carbonyl (C=O) groups excluding carboxylic acids is 2. The highest BCUT2D eigenvalue weighted by molar-refractivity contribution is 5.92. The van der Waals surface area contributed by atoms with E-state index in [2.05, 4.69) is 15.2 Å². The molecular weight excluding hydrogens is 325 g/mol.